The molecule has 2 aliphatic rings. The van der Waals surface area contributed by atoms with Gasteiger partial charge in [-0.15, -0.1) is 0 Å². The van der Waals surface area contributed by atoms with E-state index in [4.69, 9.17) is 0 Å². The quantitative estimate of drug-likeness (QED) is 0.914. The van der Waals surface area contributed by atoms with Gasteiger partial charge in [0.2, 0.25) is 5.95 Å². The number of aromatic nitrogens is 2. The van der Waals surface area contributed by atoms with Crippen molar-refractivity contribution in [2.75, 3.05) is 36.4 Å². The lowest BCUT2D eigenvalue weighted by Crippen LogP contribution is -2.35. The first-order chi connectivity index (χ1) is 12.8. The van der Waals surface area contributed by atoms with Gasteiger partial charge in [0, 0.05) is 49.9 Å². The number of nitrogens with zero attached hydrogens (tertiary/aromatic N) is 4. The van der Waals surface area contributed by atoms with E-state index in [1.54, 1.807) is 12.4 Å². The summed E-state index contributed by atoms with van der Waals surface area (Å²) in [5.74, 6) is 0.542. The molecule has 6 nitrogen and oxygen atoms in total. The highest BCUT2D eigenvalue weighted by molar-refractivity contribution is 5.93. The Labute approximate surface area is 154 Å². The molecule has 0 atom stereocenters. The van der Waals surface area contributed by atoms with Gasteiger partial charge >= 0.3 is 0 Å². The maximum absolute atomic E-state index is 12.5. The van der Waals surface area contributed by atoms with E-state index in [2.05, 4.69) is 32.3 Å². The van der Waals surface area contributed by atoms with E-state index in [1.165, 1.54) is 24.9 Å². The molecule has 4 rings (SSSR count). The molecule has 2 saturated heterocycles. The van der Waals surface area contributed by atoms with Crippen LogP contribution in [0.5, 0.6) is 0 Å². The fourth-order valence-corrected chi connectivity index (χ4v) is 3.64. The first-order valence-corrected chi connectivity index (χ1v) is 9.53. The Kier molecular flexibility index (Phi) is 5.00. The summed E-state index contributed by atoms with van der Waals surface area (Å²) in [5, 5.41) is 3.20. The van der Waals surface area contributed by atoms with Gasteiger partial charge in [0.1, 0.15) is 0 Å². The van der Waals surface area contributed by atoms with E-state index in [9.17, 15) is 4.79 Å². The molecule has 136 valence electrons. The molecule has 2 aliphatic heterocycles. The van der Waals surface area contributed by atoms with Crippen molar-refractivity contribution in [1.82, 2.24) is 14.9 Å². The summed E-state index contributed by atoms with van der Waals surface area (Å²) in [7, 11) is 0. The second-order valence-corrected chi connectivity index (χ2v) is 7.01. The molecule has 0 bridgehead atoms. The van der Waals surface area contributed by atoms with Crippen LogP contribution in [-0.2, 0) is 0 Å². The molecule has 0 aliphatic carbocycles. The molecule has 1 amide bonds. The molecule has 0 saturated carbocycles. The predicted molar refractivity (Wildman–Crippen MR) is 103 cm³/mol. The third-order valence-electron chi connectivity index (χ3n) is 5.14. The number of hydrogen-bond acceptors (Lipinski definition) is 5. The Morgan fingerprint density at radius 2 is 1.46 bits per heavy atom. The predicted octanol–water partition coefficient (Wildman–Crippen LogP) is 3.45. The molecule has 1 N–H and O–H groups in total. The van der Waals surface area contributed by atoms with Crippen LogP contribution in [0.2, 0.25) is 0 Å². The van der Waals surface area contributed by atoms with Crippen LogP contribution in [0.25, 0.3) is 0 Å². The lowest BCUT2D eigenvalue weighted by Gasteiger charge is -2.26. The van der Waals surface area contributed by atoms with Gasteiger partial charge < -0.3 is 15.1 Å². The number of anilines is 3. The molecular formula is C20H25N5O. The monoisotopic (exact) mass is 351 g/mol. The Balaban J connectivity index is 1.38. The fourth-order valence-electron chi connectivity index (χ4n) is 3.64. The minimum atomic E-state index is 0.0335. The Morgan fingerprint density at radius 3 is 2.12 bits per heavy atom. The highest BCUT2D eigenvalue weighted by atomic mass is 16.2. The van der Waals surface area contributed by atoms with E-state index in [0.717, 1.165) is 44.7 Å². The number of likely N-dealkylation sites (tertiary alicyclic amines) is 1. The molecule has 1 aromatic heterocycles. The number of nitrogens with one attached hydrogen (secondary N) is 1. The van der Waals surface area contributed by atoms with Crippen LogP contribution in [0, 0.1) is 0 Å². The summed E-state index contributed by atoms with van der Waals surface area (Å²) in [4.78, 5) is 25.4. The van der Waals surface area contributed by atoms with Crippen LogP contribution in [-0.4, -0.2) is 47.0 Å². The van der Waals surface area contributed by atoms with Crippen LogP contribution in [0.3, 0.4) is 0 Å². The average Bonchev–Trinajstić information content (AvgIpc) is 3.24. The Morgan fingerprint density at radius 1 is 0.846 bits per heavy atom. The largest absolute Gasteiger partial charge is 0.372 e. The number of benzene rings is 1. The zero-order valence-corrected chi connectivity index (χ0v) is 15.0. The third kappa shape index (κ3) is 3.79. The molecule has 0 radical (unpaired) electrons. The van der Waals surface area contributed by atoms with Crippen molar-refractivity contribution in [3.8, 4) is 0 Å². The third-order valence-corrected chi connectivity index (χ3v) is 5.14. The number of amides is 1. The molecule has 0 spiro atoms. The van der Waals surface area contributed by atoms with E-state index in [0.29, 0.717) is 11.5 Å². The summed E-state index contributed by atoms with van der Waals surface area (Å²) < 4.78 is 0. The number of carbonyl (C=O) groups is 1. The number of carbonyl (C=O) groups excluding carboxylic acids is 1. The van der Waals surface area contributed by atoms with Crippen molar-refractivity contribution >= 4 is 23.2 Å². The van der Waals surface area contributed by atoms with E-state index in [1.807, 2.05) is 17.0 Å². The second-order valence-electron chi connectivity index (χ2n) is 7.01. The molecule has 6 heteroatoms. The van der Waals surface area contributed by atoms with Crippen molar-refractivity contribution in [2.24, 2.45) is 0 Å². The zero-order chi connectivity index (χ0) is 17.8. The normalized spacial score (nSPS) is 17.4. The van der Waals surface area contributed by atoms with Crippen molar-refractivity contribution in [2.45, 2.75) is 32.1 Å². The molecular weight excluding hydrogens is 326 g/mol. The standard InChI is InChI=1S/C20H25N5O/c26-19(25-12-2-1-3-13-25)16-14-21-20(22-15-16)23-17-6-8-18(9-7-17)24-10-4-5-11-24/h6-9,14-15H,1-5,10-13H2,(H,21,22,23). The number of piperidine rings is 1. The van der Waals surface area contributed by atoms with Gasteiger partial charge in [-0.25, -0.2) is 9.97 Å². The van der Waals surface area contributed by atoms with Gasteiger partial charge in [-0.2, -0.15) is 0 Å². The number of hydrogen-bond donors (Lipinski definition) is 1. The van der Waals surface area contributed by atoms with Crippen molar-refractivity contribution in [3.63, 3.8) is 0 Å². The lowest BCUT2D eigenvalue weighted by molar-refractivity contribution is 0.0723. The fraction of sp³-hybridized carbons (Fsp3) is 0.450. The van der Waals surface area contributed by atoms with Gasteiger partial charge in [-0.1, -0.05) is 0 Å². The van der Waals surface area contributed by atoms with E-state index >= 15 is 0 Å². The van der Waals surface area contributed by atoms with Crippen LogP contribution >= 0.6 is 0 Å². The second kappa shape index (κ2) is 7.72. The van der Waals surface area contributed by atoms with Gasteiger partial charge in [0.05, 0.1) is 5.56 Å². The summed E-state index contributed by atoms with van der Waals surface area (Å²) in [6.07, 6.45) is 9.15. The summed E-state index contributed by atoms with van der Waals surface area (Å²) in [6.45, 7) is 3.95. The SMILES string of the molecule is O=C(c1cnc(Nc2ccc(N3CCCC3)cc2)nc1)N1CCCCC1. The first kappa shape index (κ1) is 16.8. The maximum Gasteiger partial charge on any atom is 0.256 e. The van der Waals surface area contributed by atoms with Crippen molar-refractivity contribution in [3.05, 3.63) is 42.2 Å². The molecule has 2 fully saturated rings. The first-order valence-electron chi connectivity index (χ1n) is 9.53. The van der Waals surface area contributed by atoms with Crippen molar-refractivity contribution < 1.29 is 4.79 Å². The van der Waals surface area contributed by atoms with Gasteiger partial charge in [-0.05, 0) is 56.4 Å². The van der Waals surface area contributed by atoms with Gasteiger partial charge in [0.15, 0.2) is 0 Å². The minimum Gasteiger partial charge on any atom is -0.372 e. The van der Waals surface area contributed by atoms with Crippen LogP contribution in [0.1, 0.15) is 42.5 Å². The van der Waals surface area contributed by atoms with E-state index in [-0.39, 0.29) is 5.91 Å². The van der Waals surface area contributed by atoms with Crippen LogP contribution in [0.15, 0.2) is 36.7 Å². The molecule has 3 heterocycles. The molecule has 26 heavy (non-hydrogen) atoms. The van der Waals surface area contributed by atoms with Gasteiger partial charge in [0.25, 0.3) is 5.91 Å². The summed E-state index contributed by atoms with van der Waals surface area (Å²) >= 11 is 0. The van der Waals surface area contributed by atoms with Crippen LogP contribution < -0.4 is 10.2 Å². The smallest absolute Gasteiger partial charge is 0.256 e. The van der Waals surface area contributed by atoms with Crippen molar-refractivity contribution in [1.29, 1.82) is 0 Å². The van der Waals surface area contributed by atoms with Crippen LogP contribution in [0.4, 0.5) is 17.3 Å². The zero-order valence-electron chi connectivity index (χ0n) is 15.0. The number of rotatable bonds is 4. The molecule has 1 aromatic carbocycles. The summed E-state index contributed by atoms with van der Waals surface area (Å²) in [5.41, 5.74) is 2.77. The Bertz CT molecular complexity index is 732. The summed E-state index contributed by atoms with van der Waals surface area (Å²) in [6, 6.07) is 8.34. The van der Waals surface area contributed by atoms with E-state index < -0.39 is 0 Å². The Hall–Kier alpha value is -2.63. The molecule has 2 aromatic rings. The highest BCUT2D eigenvalue weighted by Crippen LogP contribution is 2.23. The van der Waals surface area contributed by atoms with Gasteiger partial charge in [-0.3, -0.25) is 4.79 Å². The maximum atomic E-state index is 12.5. The topological polar surface area (TPSA) is 61.4 Å². The minimum absolute atomic E-state index is 0.0335. The highest BCUT2D eigenvalue weighted by Gasteiger charge is 2.18. The molecule has 0 unspecified atom stereocenters. The lowest BCUT2D eigenvalue weighted by atomic mass is 10.1. The average molecular weight is 351 g/mol.